The molecular formula is C9H8N4OS. The molecule has 0 fully saturated rings. The predicted octanol–water partition coefficient (Wildman–Crippen LogP) is 2.96. The van der Waals surface area contributed by atoms with Crippen LogP contribution in [0.2, 0.25) is 0 Å². The number of methoxy groups -OCH3 is 1. The van der Waals surface area contributed by atoms with Gasteiger partial charge in [-0.1, -0.05) is 11.3 Å². The number of azo groups is 1. The van der Waals surface area contributed by atoms with Crippen molar-refractivity contribution >= 4 is 22.2 Å². The molecule has 15 heavy (non-hydrogen) atoms. The van der Waals surface area contributed by atoms with Crippen LogP contribution in [-0.2, 0) is 0 Å². The van der Waals surface area contributed by atoms with E-state index in [1.54, 1.807) is 12.6 Å². The molecule has 5 nitrogen and oxygen atoms in total. The van der Waals surface area contributed by atoms with Gasteiger partial charge in [0.15, 0.2) is 0 Å². The van der Waals surface area contributed by atoms with Crippen molar-refractivity contribution in [1.82, 2.24) is 10.2 Å². The molecule has 1 heterocycles. The lowest BCUT2D eigenvalue weighted by atomic mass is 10.3. The highest BCUT2D eigenvalue weighted by Gasteiger charge is 1.94. The first kappa shape index (κ1) is 9.72. The summed E-state index contributed by atoms with van der Waals surface area (Å²) < 4.78 is 5.03. The van der Waals surface area contributed by atoms with Crippen molar-refractivity contribution in [3.63, 3.8) is 0 Å². The van der Waals surface area contributed by atoms with E-state index in [-0.39, 0.29) is 0 Å². The second-order valence-corrected chi connectivity index (χ2v) is 3.43. The summed E-state index contributed by atoms with van der Waals surface area (Å²) in [5, 5.41) is 15.9. The van der Waals surface area contributed by atoms with E-state index in [4.69, 9.17) is 4.74 Å². The van der Waals surface area contributed by atoms with Crippen LogP contribution >= 0.6 is 11.3 Å². The van der Waals surface area contributed by atoms with Crippen LogP contribution in [0.25, 0.3) is 0 Å². The minimum Gasteiger partial charge on any atom is -0.497 e. The zero-order chi connectivity index (χ0) is 10.5. The van der Waals surface area contributed by atoms with E-state index in [2.05, 4.69) is 20.4 Å². The van der Waals surface area contributed by atoms with Crippen molar-refractivity contribution < 1.29 is 4.74 Å². The van der Waals surface area contributed by atoms with E-state index in [0.717, 1.165) is 11.4 Å². The fourth-order valence-electron chi connectivity index (χ4n) is 0.960. The second-order valence-electron chi connectivity index (χ2n) is 2.62. The molecule has 0 unspecified atom stereocenters. The highest BCUT2D eigenvalue weighted by atomic mass is 32.1. The average molecular weight is 220 g/mol. The summed E-state index contributed by atoms with van der Waals surface area (Å²) in [4.78, 5) is 0. The van der Waals surface area contributed by atoms with Gasteiger partial charge in [-0.25, -0.2) is 0 Å². The number of aromatic nitrogens is 2. The van der Waals surface area contributed by atoms with E-state index in [1.165, 1.54) is 11.3 Å². The number of nitrogens with zero attached hydrogens (tertiary/aromatic N) is 4. The van der Waals surface area contributed by atoms with Gasteiger partial charge < -0.3 is 4.74 Å². The number of benzene rings is 1. The van der Waals surface area contributed by atoms with E-state index in [9.17, 15) is 0 Å². The normalized spacial score (nSPS) is 10.7. The van der Waals surface area contributed by atoms with E-state index >= 15 is 0 Å². The molecular weight excluding hydrogens is 212 g/mol. The molecule has 0 radical (unpaired) electrons. The minimum absolute atomic E-state index is 0.547. The van der Waals surface area contributed by atoms with Gasteiger partial charge in [-0.15, -0.1) is 20.4 Å². The van der Waals surface area contributed by atoms with Gasteiger partial charge in [0.25, 0.3) is 5.13 Å². The maximum atomic E-state index is 5.03. The standard InChI is InChI=1S/C9H8N4OS/c1-14-8-4-2-7(3-5-8)11-13-9-12-10-6-15-9/h2-6H,1H3. The fraction of sp³-hybridized carbons (Fsp3) is 0.111. The lowest BCUT2D eigenvalue weighted by Crippen LogP contribution is -1.79. The Bertz CT molecular complexity index is 438. The largest absolute Gasteiger partial charge is 0.497 e. The maximum absolute atomic E-state index is 5.03. The Morgan fingerprint density at radius 3 is 2.60 bits per heavy atom. The summed E-state index contributed by atoms with van der Waals surface area (Å²) in [6, 6.07) is 7.30. The summed E-state index contributed by atoms with van der Waals surface area (Å²) in [6.07, 6.45) is 0. The maximum Gasteiger partial charge on any atom is 0.251 e. The van der Waals surface area contributed by atoms with Crippen molar-refractivity contribution in [3.8, 4) is 5.75 Å². The highest BCUT2D eigenvalue weighted by molar-refractivity contribution is 7.13. The van der Waals surface area contributed by atoms with Crippen LogP contribution in [0.15, 0.2) is 40.0 Å². The molecule has 1 aromatic heterocycles. The highest BCUT2D eigenvalue weighted by Crippen LogP contribution is 2.21. The predicted molar refractivity (Wildman–Crippen MR) is 57.1 cm³/mol. The lowest BCUT2D eigenvalue weighted by molar-refractivity contribution is 0.415. The summed E-state index contributed by atoms with van der Waals surface area (Å²) in [5.74, 6) is 0.796. The van der Waals surface area contributed by atoms with Gasteiger partial charge in [-0.05, 0) is 24.3 Å². The summed E-state index contributed by atoms with van der Waals surface area (Å²) >= 11 is 1.34. The Morgan fingerprint density at radius 2 is 2.00 bits per heavy atom. The molecule has 1 aromatic carbocycles. The molecule has 2 rings (SSSR count). The molecule has 0 N–H and O–H groups in total. The van der Waals surface area contributed by atoms with E-state index < -0.39 is 0 Å². The molecule has 0 aliphatic carbocycles. The molecule has 0 saturated carbocycles. The molecule has 0 bridgehead atoms. The number of hydrogen-bond acceptors (Lipinski definition) is 6. The summed E-state index contributed by atoms with van der Waals surface area (Å²) in [5.41, 5.74) is 2.37. The van der Waals surface area contributed by atoms with Crippen LogP contribution in [-0.4, -0.2) is 17.3 Å². The Balaban J connectivity index is 2.11. The third-order valence-electron chi connectivity index (χ3n) is 1.67. The minimum atomic E-state index is 0.547. The van der Waals surface area contributed by atoms with Crippen molar-refractivity contribution in [1.29, 1.82) is 0 Å². The molecule has 2 aromatic rings. The Kier molecular flexibility index (Phi) is 2.99. The quantitative estimate of drug-likeness (QED) is 0.747. The van der Waals surface area contributed by atoms with Crippen LogP contribution in [0.5, 0.6) is 5.75 Å². The zero-order valence-electron chi connectivity index (χ0n) is 7.99. The van der Waals surface area contributed by atoms with Crippen LogP contribution in [0.4, 0.5) is 10.8 Å². The molecule has 0 amide bonds. The Labute approximate surface area is 90.5 Å². The molecule has 6 heteroatoms. The third kappa shape index (κ3) is 2.57. The first-order chi connectivity index (χ1) is 7.38. The van der Waals surface area contributed by atoms with Crippen molar-refractivity contribution in [2.45, 2.75) is 0 Å². The van der Waals surface area contributed by atoms with Crippen molar-refractivity contribution in [2.75, 3.05) is 7.11 Å². The number of ether oxygens (including phenoxy) is 1. The number of hydrogen-bond donors (Lipinski definition) is 0. The monoisotopic (exact) mass is 220 g/mol. The Hall–Kier alpha value is -1.82. The zero-order valence-corrected chi connectivity index (χ0v) is 8.81. The first-order valence-corrected chi connectivity index (χ1v) is 5.08. The topological polar surface area (TPSA) is 59.7 Å². The van der Waals surface area contributed by atoms with Gasteiger partial charge >= 0.3 is 0 Å². The molecule has 76 valence electrons. The van der Waals surface area contributed by atoms with Gasteiger partial charge in [0, 0.05) is 0 Å². The molecule has 0 aliphatic rings. The summed E-state index contributed by atoms with van der Waals surface area (Å²) in [6.45, 7) is 0. The van der Waals surface area contributed by atoms with Gasteiger partial charge in [-0.3, -0.25) is 0 Å². The smallest absolute Gasteiger partial charge is 0.251 e. The SMILES string of the molecule is COc1ccc(N=Nc2nncs2)cc1. The van der Waals surface area contributed by atoms with Gasteiger partial charge in [-0.2, -0.15) is 0 Å². The van der Waals surface area contributed by atoms with E-state index in [0.29, 0.717) is 5.13 Å². The number of rotatable bonds is 3. The average Bonchev–Trinajstić information content (AvgIpc) is 2.80. The lowest BCUT2D eigenvalue weighted by Gasteiger charge is -1.97. The second kappa shape index (κ2) is 4.61. The first-order valence-electron chi connectivity index (χ1n) is 4.20. The molecule has 0 spiro atoms. The summed E-state index contributed by atoms with van der Waals surface area (Å²) in [7, 11) is 1.62. The third-order valence-corrected chi connectivity index (χ3v) is 2.25. The molecule has 0 aliphatic heterocycles. The van der Waals surface area contributed by atoms with Gasteiger partial charge in [0.1, 0.15) is 11.3 Å². The molecule has 0 saturated heterocycles. The van der Waals surface area contributed by atoms with Gasteiger partial charge in [0.05, 0.1) is 12.8 Å². The van der Waals surface area contributed by atoms with Crippen LogP contribution in [0.3, 0.4) is 0 Å². The van der Waals surface area contributed by atoms with E-state index in [1.807, 2.05) is 24.3 Å². The molecule has 0 atom stereocenters. The Morgan fingerprint density at radius 1 is 1.20 bits per heavy atom. The van der Waals surface area contributed by atoms with Gasteiger partial charge in [0.2, 0.25) is 0 Å². The van der Waals surface area contributed by atoms with Crippen LogP contribution < -0.4 is 4.74 Å². The van der Waals surface area contributed by atoms with Crippen LogP contribution in [0, 0.1) is 0 Å². The fourth-order valence-corrected chi connectivity index (χ4v) is 1.33. The van der Waals surface area contributed by atoms with Crippen molar-refractivity contribution in [3.05, 3.63) is 29.8 Å². The van der Waals surface area contributed by atoms with Crippen molar-refractivity contribution in [2.24, 2.45) is 10.2 Å². The van der Waals surface area contributed by atoms with Crippen LogP contribution in [0.1, 0.15) is 0 Å².